The molecule has 0 spiro atoms. The van der Waals surface area contributed by atoms with E-state index in [2.05, 4.69) is 121 Å². The number of hydrogen-bond acceptors (Lipinski definition) is 0. The third-order valence-electron chi connectivity index (χ3n) is 6.76. The lowest BCUT2D eigenvalue weighted by molar-refractivity contribution is 1.36. The third-order valence-corrected chi connectivity index (χ3v) is 6.76. The van der Waals surface area contributed by atoms with Gasteiger partial charge in [-0.15, -0.1) is 0 Å². The van der Waals surface area contributed by atoms with Crippen LogP contribution in [0.2, 0.25) is 0 Å². The topological polar surface area (TPSA) is 4.41 Å². The predicted octanol–water partition coefficient (Wildman–Crippen LogP) is 8.48. The SMILES string of the molecule is Cc1ccc2c(c1)c1cc(-c3ccccc3)cc3c4cc(-c5ccccc5)ccc4n2c13. The zero-order valence-corrected chi connectivity index (χ0v) is 17.8. The predicted molar refractivity (Wildman–Crippen MR) is 137 cm³/mol. The van der Waals surface area contributed by atoms with Crippen molar-refractivity contribution in [1.29, 1.82) is 0 Å². The van der Waals surface area contributed by atoms with Crippen molar-refractivity contribution >= 4 is 38.1 Å². The molecule has 7 aromatic rings. The summed E-state index contributed by atoms with van der Waals surface area (Å²) in [4.78, 5) is 0. The molecule has 0 saturated carbocycles. The molecule has 0 unspecified atom stereocenters. The van der Waals surface area contributed by atoms with E-state index in [0.717, 1.165) is 0 Å². The van der Waals surface area contributed by atoms with Crippen LogP contribution in [-0.4, -0.2) is 4.40 Å². The minimum Gasteiger partial charge on any atom is -0.308 e. The Hall–Kier alpha value is -4.10. The average molecular weight is 408 g/mol. The van der Waals surface area contributed by atoms with Crippen LogP contribution < -0.4 is 0 Å². The highest BCUT2D eigenvalue weighted by Crippen LogP contribution is 2.42. The van der Waals surface area contributed by atoms with Crippen molar-refractivity contribution in [3.05, 3.63) is 115 Å². The summed E-state index contributed by atoms with van der Waals surface area (Å²) < 4.78 is 2.46. The first-order valence-corrected chi connectivity index (χ1v) is 11.1. The van der Waals surface area contributed by atoms with Crippen LogP contribution in [0.4, 0.5) is 0 Å². The molecule has 1 nitrogen and oxygen atoms in total. The summed E-state index contributed by atoms with van der Waals surface area (Å²) in [6.07, 6.45) is 0. The number of aromatic nitrogens is 1. The Bertz CT molecular complexity index is 1760. The molecule has 0 aliphatic carbocycles. The van der Waals surface area contributed by atoms with Crippen LogP contribution >= 0.6 is 0 Å². The lowest BCUT2D eigenvalue weighted by Gasteiger charge is -2.05. The number of aryl methyl sites for hydroxylation is 1. The van der Waals surface area contributed by atoms with E-state index in [0.29, 0.717) is 0 Å². The summed E-state index contributed by atoms with van der Waals surface area (Å²) in [6.45, 7) is 2.18. The highest BCUT2D eigenvalue weighted by atomic mass is 14.9. The Labute approximate surface area is 186 Å². The zero-order valence-electron chi connectivity index (χ0n) is 17.8. The van der Waals surface area contributed by atoms with Gasteiger partial charge >= 0.3 is 0 Å². The highest BCUT2D eigenvalue weighted by molar-refractivity contribution is 6.24. The number of fused-ring (bicyclic) bond motifs is 6. The van der Waals surface area contributed by atoms with Crippen LogP contribution in [0.3, 0.4) is 0 Å². The molecular weight excluding hydrogens is 386 g/mol. The van der Waals surface area contributed by atoms with Crippen LogP contribution in [0.15, 0.2) is 109 Å². The van der Waals surface area contributed by atoms with Gasteiger partial charge in [-0.3, -0.25) is 0 Å². The molecule has 0 atom stereocenters. The van der Waals surface area contributed by atoms with Crippen molar-refractivity contribution in [2.75, 3.05) is 0 Å². The molecule has 7 rings (SSSR count). The van der Waals surface area contributed by atoms with Gasteiger partial charge < -0.3 is 4.40 Å². The molecule has 2 aromatic heterocycles. The summed E-state index contributed by atoms with van der Waals surface area (Å²) in [6, 6.07) is 39.9. The molecule has 0 aliphatic rings. The van der Waals surface area contributed by atoms with Crippen molar-refractivity contribution in [2.45, 2.75) is 6.92 Å². The number of benzene rings is 5. The van der Waals surface area contributed by atoms with Crippen LogP contribution in [0.1, 0.15) is 5.56 Å². The van der Waals surface area contributed by atoms with Gasteiger partial charge in [0, 0.05) is 21.5 Å². The Balaban J connectivity index is 1.66. The second-order valence-corrected chi connectivity index (χ2v) is 8.74. The maximum absolute atomic E-state index is 2.46. The molecule has 5 aromatic carbocycles. The van der Waals surface area contributed by atoms with E-state index in [1.54, 1.807) is 0 Å². The second kappa shape index (κ2) is 6.45. The summed E-state index contributed by atoms with van der Waals surface area (Å²) in [5, 5.41) is 5.30. The van der Waals surface area contributed by atoms with Crippen molar-refractivity contribution in [2.24, 2.45) is 0 Å². The minimum atomic E-state index is 1.25. The fourth-order valence-electron chi connectivity index (χ4n) is 5.27. The fraction of sp³-hybridized carbons (Fsp3) is 0.0323. The minimum absolute atomic E-state index is 1.25. The maximum Gasteiger partial charge on any atom is 0.0620 e. The number of hydrogen-bond donors (Lipinski definition) is 0. The van der Waals surface area contributed by atoms with E-state index in [1.165, 1.54) is 65.9 Å². The van der Waals surface area contributed by atoms with E-state index < -0.39 is 0 Å². The molecule has 0 radical (unpaired) electrons. The molecule has 0 fully saturated rings. The summed E-state index contributed by atoms with van der Waals surface area (Å²) >= 11 is 0. The Morgan fingerprint density at radius 2 is 0.969 bits per heavy atom. The molecule has 150 valence electrons. The molecule has 0 saturated heterocycles. The van der Waals surface area contributed by atoms with Crippen LogP contribution in [0.25, 0.3) is 60.3 Å². The first-order valence-electron chi connectivity index (χ1n) is 11.1. The van der Waals surface area contributed by atoms with Gasteiger partial charge in [-0.25, -0.2) is 0 Å². The Morgan fingerprint density at radius 1 is 0.438 bits per heavy atom. The van der Waals surface area contributed by atoms with E-state index in [-0.39, 0.29) is 0 Å². The molecule has 32 heavy (non-hydrogen) atoms. The monoisotopic (exact) mass is 407 g/mol. The smallest absolute Gasteiger partial charge is 0.0620 e. The van der Waals surface area contributed by atoms with Crippen LogP contribution in [0, 0.1) is 6.92 Å². The van der Waals surface area contributed by atoms with Crippen LogP contribution in [-0.2, 0) is 0 Å². The van der Waals surface area contributed by atoms with Crippen molar-refractivity contribution in [3.63, 3.8) is 0 Å². The largest absolute Gasteiger partial charge is 0.308 e. The van der Waals surface area contributed by atoms with E-state index >= 15 is 0 Å². The quantitative estimate of drug-likeness (QED) is 0.271. The molecular formula is C31H21N. The second-order valence-electron chi connectivity index (χ2n) is 8.74. The third kappa shape index (κ3) is 2.39. The van der Waals surface area contributed by atoms with Gasteiger partial charge in [0.1, 0.15) is 0 Å². The summed E-state index contributed by atoms with van der Waals surface area (Å²) in [7, 11) is 0. The Kier molecular flexibility index (Phi) is 3.54. The summed E-state index contributed by atoms with van der Waals surface area (Å²) in [5.41, 5.74) is 10.2. The fourth-order valence-corrected chi connectivity index (χ4v) is 5.27. The number of nitrogens with zero attached hydrogens (tertiary/aromatic N) is 1. The van der Waals surface area contributed by atoms with Gasteiger partial charge in [0.05, 0.1) is 16.6 Å². The highest BCUT2D eigenvalue weighted by Gasteiger charge is 2.19. The Morgan fingerprint density at radius 3 is 1.62 bits per heavy atom. The number of rotatable bonds is 2. The summed E-state index contributed by atoms with van der Waals surface area (Å²) in [5.74, 6) is 0. The van der Waals surface area contributed by atoms with Gasteiger partial charge in [-0.2, -0.15) is 0 Å². The standard InChI is InChI=1S/C31H21N/c1-20-12-14-29-25(16-20)27-18-24(22-10-6-3-7-11-22)19-28-26-17-23(21-8-4-2-5-9-21)13-15-30(26)32(29)31(27)28/h2-19H,1H3. The zero-order chi connectivity index (χ0) is 21.2. The van der Waals surface area contributed by atoms with E-state index in [4.69, 9.17) is 0 Å². The van der Waals surface area contributed by atoms with Gasteiger partial charge in [0.15, 0.2) is 0 Å². The first-order chi connectivity index (χ1) is 15.8. The molecule has 2 heterocycles. The average Bonchev–Trinajstić information content (AvgIpc) is 3.35. The van der Waals surface area contributed by atoms with Gasteiger partial charge in [0.25, 0.3) is 0 Å². The molecule has 1 heteroatoms. The normalized spacial score (nSPS) is 11.9. The maximum atomic E-state index is 2.46. The van der Waals surface area contributed by atoms with Crippen molar-refractivity contribution in [1.82, 2.24) is 4.40 Å². The first kappa shape index (κ1) is 17.6. The molecule has 0 aliphatic heterocycles. The molecule has 0 amide bonds. The van der Waals surface area contributed by atoms with Crippen molar-refractivity contribution in [3.8, 4) is 22.3 Å². The molecule has 0 bridgehead atoms. The lowest BCUT2D eigenvalue weighted by Crippen LogP contribution is -1.82. The molecule has 0 N–H and O–H groups in total. The van der Waals surface area contributed by atoms with E-state index in [9.17, 15) is 0 Å². The van der Waals surface area contributed by atoms with Gasteiger partial charge in [0.2, 0.25) is 0 Å². The van der Waals surface area contributed by atoms with Gasteiger partial charge in [-0.05, 0) is 65.6 Å². The van der Waals surface area contributed by atoms with Crippen LogP contribution in [0.5, 0.6) is 0 Å². The van der Waals surface area contributed by atoms with E-state index in [1.807, 2.05) is 0 Å². The lowest BCUT2D eigenvalue weighted by atomic mass is 9.97. The van der Waals surface area contributed by atoms with Gasteiger partial charge in [-0.1, -0.05) is 78.4 Å². The van der Waals surface area contributed by atoms with Crippen molar-refractivity contribution < 1.29 is 0 Å².